The number of aromatic carboxylic acids is 1. The Labute approximate surface area is 122 Å². The molecule has 3 amide bonds. The van der Waals surface area contributed by atoms with E-state index in [0.29, 0.717) is 5.56 Å². The van der Waals surface area contributed by atoms with Gasteiger partial charge in [-0.25, -0.2) is 9.59 Å². The van der Waals surface area contributed by atoms with Gasteiger partial charge in [-0.2, -0.15) is 0 Å². The molecule has 7 heteroatoms. The molecule has 0 spiro atoms. The van der Waals surface area contributed by atoms with E-state index in [2.05, 4.69) is 10.6 Å². The predicted molar refractivity (Wildman–Crippen MR) is 76.6 cm³/mol. The Balaban J connectivity index is 2.48. The second-order valence-corrected chi connectivity index (χ2v) is 5.29. The number of carbonyl (C=O) groups is 3. The first-order valence-corrected chi connectivity index (χ1v) is 6.36. The van der Waals surface area contributed by atoms with E-state index in [1.807, 2.05) is 0 Å². The molecule has 114 valence electrons. The topological polar surface area (TPSA) is 122 Å². The summed E-state index contributed by atoms with van der Waals surface area (Å²) in [6.07, 6.45) is 0. The standard InChI is InChI=1S/C14H19N3O4/c1-14(2,12(15)20)8-17-13(21)16-7-9-4-3-5-10(6-9)11(18)19/h3-6H,7-8H2,1-2H3,(H2,15,20)(H,18,19)(H2,16,17,21). The van der Waals surface area contributed by atoms with Gasteiger partial charge in [-0.1, -0.05) is 12.1 Å². The Morgan fingerprint density at radius 3 is 2.48 bits per heavy atom. The summed E-state index contributed by atoms with van der Waals surface area (Å²) in [5.74, 6) is -1.53. The maximum absolute atomic E-state index is 11.6. The van der Waals surface area contributed by atoms with Gasteiger partial charge in [0, 0.05) is 13.1 Å². The minimum Gasteiger partial charge on any atom is -0.478 e. The molecule has 1 rings (SSSR count). The van der Waals surface area contributed by atoms with Gasteiger partial charge in [0.05, 0.1) is 11.0 Å². The lowest BCUT2D eigenvalue weighted by Gasteiger charge is -2.20. The fraction of sp³-hybridized carbons (Fsp3) is 0.357. The summed E-state index contributed by atoms with van der Waals surface area (Å²) in [6, 6.07) is 5.82. The number of primary amides is 1. The molecule has 7 nitrogen and oxygen atoms in total. The highest BCUT2D eigenvalue weighted by molar-refractivity contribution is 5.87. The van der Waals surface area contributed by atoms with Crippen molar-refractivity contribution in [2.45, 2.75) is 20.4 Å². The first-order valence-electron chi connectivity index (χ1n) is 6.36. The SMILES string of the molecule is CC(C)(CNC(=O)NCc1cccc(C(=O)O)c1)C(N)=O. The number of nitrogens with one attached hydrogen (secondary N) is 2. The molecule has 0 aliphatic heterocycles. The number of hydrogen-bond acceptors (Lipinski definition) is 3. The third kappa shape index (κ3) is 5.13. The molecule has 0 aliphatic carbocycles. The number of benzene rings is 1. The van der Waals surface area contributed by atoms with Crippen molar-refractivity contribution in [3.63, 3.8) is 0 Å². The Bertz CT molecular complexity index is 555. The summed E-state index contributed by atoms with van der Waals surface area (Å²) >= 11 is 0. The normalized spacial score (nSPS) is 10.8. The number of carboxylic acid groups (broad SMARTS) is 1. The van der Waals surface area contributed by atoms with Crippen molar-refractivity contribution in [3.8, 4) is 0 Å². The molecule has 1 aromatic rings. The van der Waals surface area contributed by atoms with Crippen LogP contribution >= 0.6 is 0 Å². The van der Waals surface area contributed by atoms with Gasteiger partial charge in [0.25, 0.3) is 0 Å². The molecule has 0 bridgehead atoms. The maximum Gasteiger partial charge on any atom is 0.335 e. The summed E-state index contributed by atoms with van der Waals surface area (Å²) in [5.41, 5.74) is 5.19. The van der Waals surface area contributed by atoms with Crippen LogP contribution in [0.15, 0.2) is 24.3 Å². The highest BCUT2D eigenvalue weighted by Gasteiger charge is 2.25. The first-order chi connectivity index (χ1) is 9.72. The summed E-state index contributed by atoms with van der Waals surface area (Å²) < 4.78 is 0. The molecule has 0 aromatic heterocycles. The Morgan fingerprint density at radius 1 is 1.24 bits per heavy atom. The van der Waals surface area contributed by atoms with Crippen molar-refractivity contribution >= 4 is 17.9 Å². The summed E-state index contributed by atoms with van der Waals surface area (Å²) in [6.45, 7) is 3.56. The summed E-state index contributed by atoms with van der Waals surface area (Å²) in [7, 11) is 0. The summed E-state index contributed by atoms with van der Waals surface area (Å²) in [5, 5.41) is 14.0. The number of urea groups is 1. The van der Waals surface area contributed by atoms with E-state index >= 15 is 0 Å². The van der Waals surface area contributed by atoms with Crippen LogP contribution in [0.25, 0.3) is 0 Å². The molecule has 0 aliphatic rings. The van der Waals surface area contributed by atoms with Crippen molar-refractivity contribution in [1.82, 2.24) is 10.6 Å². The van der Waals surface area contributed by atoms with E-state index in [9.17, 15) is 14.4 Å². The fourth-order valence-electron chi connectivity index (χ4n) is 1.45. The lowest BCUT2D eigenvalue weighted by atomic mass is 9.93. The molecule has 0 fully saturated rings. The number of rotatable bonds is 6. The molecule has 0 heterocycles. The highest BCUT2D eigenvalue weighted by Crippen LogP contribution is 2.11. The number of carboxylic acids is 1. The monoisotopic (exact) mass is 293 g/mol. The molecule has 0 saturated heterocycles. The van der Waals surface area contributed by atoms with Crippen LogP contribution in [-0.2, 0) is 11.3 Å². The molecule has 0 atom stereocenters. The average Bonchev–Trinajstić information content (AvgIpc) is 2.43. The van der Waals surface area contributed by atoms with Gasteiger partial charge in [-0.15, -0.1) is 0 Å². The lowest BCUT2D eigenvalue weighted by molar-refractivity contribution is -0.125. The van der Waals surface area contributed by atoms with E-state index in [-0.39, 0.29) is 18.7 Å². The summed E-state index contributed by atoms with van der Waals surface area (Å²) in [4.78, 5) is 33.5. The Hall–Kier alpha value is -2.57. The number of carbonyl (C=O) groups excluding carboxylic acids is 2. The average molecular weight is 293 g/mol. The van der Waals surface area contributed by atoms with Crippen LogP contribution in [0.1, 0.15) is 29.8 Å². The largest absolute Gasteiger partial charge is 0.478 e. The van der Waals surface area contributed by atoms with Crippen LogP contribution in [0.2, 0.25) is 0 Å². The fourth-order valence-corrected chi connectivity index (χ4v) is 1.45. The zero-order chi connectivity index (χ0) is 16.0. The van der Waals surface area contributed by atoms with E-state index in [1.165, 1.54) is 12.1 Å². The van der Waals surface area contributed by atoms with E-state index in [1.54, 1.807) is 26.0 Å². The minimum atomic E-state index is -1.02. The van der Waals surface area contributed by atoms with Gasteiger partial charge >= 0.3 is 12.0 Å². The highest BCUT2D eigenvalue weighted by atomic mass is 16.4. The van der Waals surface area contributed by atoms with E-state index < -0.39 is 23.3 Å². The maximum atomic E-state index is 11.6. The van der Waals surface area contributed by atoms with Crippen molar-refractivity contribution in [2.75, 3.05) is 6.54 Å². The zero-order valence-electron chi connectivity index (χ0n) is 12.0. The number of hydrogen-bond donors (Lipinski definition) is 4. The molecule has 0 unspecified atom stereocenters. The molecular weight excluding hydrogens is 274 g/mol. The van der Waals surface area contributed by atoms with Crippen LogP contribution in [0, 0.1) is 5.41 Å². The Morgan fingerprint density at radius 2 is 1.90 bits per heavy atom. The molecule has 0 radical (unpaired) electrons. The van der Waals surface area contributed by atoms with Gasteiger partial charge in [0.15, 0.2) is 0 Å². The van der Waals surface area contributed by atoms with E-state index in [4.69, 9.17) is 10.8 Å². The van der Waals surface area contributed by atoms with Gasteiger partial charge in [0.1, 0.15) is 0 Å². The Kier molecular flexibility index (Phi) is 5.29. The minimum absolute atomic E-state index is 0.114. The first kappa shape index (κ1) is 16.5. The van der Waals surface area contributed by atoms with Crippen LogP contribution in [0.4, 0.5) is 4.79 Å². The van der Waals surface area contributed by atoms with Gasteiger partial charge < -0.3 is 21.5 Å². The molecule has 5 N–H and O–H groups in total. The molecule has 21 heavy (non-hydrogen) atoms. The quantitative estimate of drug-likeness (QED) is 0.616. The second-order valence-electron chi connectivity index (χ2n) is 5.29. The van der Waals surface area contributed by atoms with Crippen LogP contribution < -0.4 is 16.4 Å². The van der Waals surface area contributed by atoms with E-state index in [0.717, 1.165) is 0 Å². The van der Waals surface area contributed by atoms with Crippen molar-refractivity contribution in [2.24, 2.45) is 11.1 Å². The van der Waals surface area contributed by atoms with Gasteiger partial charge in [-0.05, 0) is 31.5 Å². The molecular formula is C14H19N3O4. The number of nitrogens with two attached hydrogens (primary N) is 1. The van der Waals surface area contributed by atoms with Crippen LogP contribution in [0.3, 0.4) is 0 Å². The molecule has 1 aromatic carbocycles. The zero-order valence-corrected chi connectivity index (χ0v) is 12.0. The third-order valence-electron chi connectivity index (χ3n) is 2.98. The second kappa shape index (κ2) is 6.74. The van der Waals surface area contributed by atoms with Crippen molar-refractivity contribution in [1.29, 1.82) is 0 Å². The van der Waals surface area contributed by atoms with Crippen LogP contribution in [-0.4, -0.2) is 29.6 Å². The van der Waals surface area contributed by atoms with Crippen molar-refractivity contribution in [3.05, 3.63) is 35.4 Å². The van der Waals surface area contributed by atoms with Crippen molar-refractivity contribution < 1.29 is 19.5 Å². The predicted octanol–water partition coefficient (Wildman–Crippen LogP) is 0.695. The lowest BCUT2D eigenvalue weighted by Crippen LogP contribution is -2.45. The van der Waals surface area contributed by atoms with Gasteiger partial charge in [0.2, 0.25) is 5.91 Å². The van der Waals surface area contributed by atoms with Gasteiger partial charge in [-0.3, -0.25) is 4.79 Å². The third-order valence-corrected chi connectivity index (χ3v) is 2.98. The smallest absolute Gasteiger partial charge is 0.335 e. The number of amides is 3. The molecule has 0 saturated carbocycles. The van der Waals surface area contributed by atoms with Crippen LogP contribution in [0.5, 0.6) is 0 Å².